The lowest BCUT2D eigenvalue weighted by molar-refractivity contribution is -0.137. The zero-order valence-corrected chi connectivity index (χ0v) is 15.9. The molecule has 2 aromatic heterocycles. The van der Waals surface area contributed by atoms with Crippen molar-refractivity contribution in [2.45, 2.75) is 37.8 Å². The number of alkyl halides is 3. The van der Waals surface area contributed by atoms with Crippen molar-refractivity contribution >= 4 is 22.5 Å². The van der Waals surface area contributed by atoms with E-state index >= 15 is 0 Å². The predicted molar refractivity (Wildman–Crippen MR) is 99.3 cm³/mol. The van der Waals surface area contributed by atoms with Crippen molar-refractivity contribution < 1.29 is 13.2 Å². The average molecular weight is 397 g/mol. The van der Waals surface area contributed by atoms with Crippen molar-refractivity contribution in [1.29, 1.82) is 0 Å². The minimum Gasteiger partial charge on any atom is -0.359 e. The molecule has 1 saturated carbocycles. The highest BCUT2D eigenvalue weighted by Gasteiger charge is 2.32. The highest BCUT2D eigenvalue weighted by atomic mass is 32.1. The standard InChI is InChI=1S/C18H22F3N5S/c1-25(15-10-14(4-7-22-15)18(19,20)21)11-12-5-8-26(9-6-12)17-23-16(24-27-17)13-2-3-13/h4,7,10,12-13H,2-3,5-6,8-9,11H2,1H3. The van der Waals surface area contributed by atoms with Crippen LogP contribution in [-0.2, 0) is 6.18 Å². The van der Waals surface area contributed by atoms with Gasteiger partial charge in [0.2, 0.25) is 5.13 Å². The van der Waals surface area contributed by atoms with Crippen molar-refractivity contribution in [3.05, 3.63) is 29.7 Å². The quantitative estimate of drug-likeness (QED) is 0.757. The molecule has 2 aliphatic rings. The van der Waals surface area contributed by atoms with Gasteiger partial charge in [0.15, 0.2) is 0 Å². The van der Waals surface area contributed by atoms with Gasteiger partial charge in [-0.1, -0.05) is 0 Å². The van der Waals surface area contributed by atoms with Gasteiger partial charge in [-0.3, -0.25) is 0 Å². The first-order valence-electron chi connectivity index (χ1n) is 9.23. The Balaban J connectivity index is 1.32. The van der Waals surface area contributed by atoms with Crippen LogP contribution in [-0.4, -0.2) is 41.0 Å². The summed E-state index contributed by atoms with van der Waals surface area (Å²) in [5.41, 5.74) is -0.656. The number of anilines is 2. The monoisotopic (exact) mass is 397 g/mol. The summed E-state index contributed by atoms with van der Waals surface area (Å²) in [6.07, 6.45) is 1.26. The van der Waals surface area contributed by atoms with Gasteiger partial charge >= 0.3 is 6.18 Å². The first-order valence-corrected chi connectivity index (χ1v) is 10.0. The molecule has 146 valence electrons. The highest BCUT2D eigenvalue weighted by molar-refractivity contribution is 7.09. The number of halogens is 3. The molecule has 9 heteroatoms. The summed E-state index contributed by atoms with van der Waals surface area (Å²) in [6, 6.07) is 2.13. The third-order valence-electron chi connectivity index (χ3n) is 5.25. The molecule has 1 aliphatic carbocycles. The van der Waals surface area contributed by atoms with Crippen LogP contribution in [0.15, 0.2) is 18.3 Å². The first-order chi connectivity index (χ1) is 12.9. The number of hydrogen-bond donors (Lipinski definition) is 0. The van der Waals surface area contributed by atoms with E-state index < -0.39 is 11.7 Å². The van der Waals surface area contributed by atoms with Crippen LogP contribution in [0.5, 0.6) is 0 Å². The number of hydrogen-bond acceptors (Lipinski definition) is 6. The Bertz CT molecular complexity index is 781. The second-order valence-corrected chi connectivity index (χ2v) is 8.15. The molecule has 2 aromatic rings. The zero-order chi connectivity index (χ0) is 19.0. The second-order valence-electron chi connectivity index (χ2n) is 7.42. The molecule has 3 heterocycles. The lowest BCUT2D eigenvalue weighted by Crippen LogP contribution is -2.38. The Morgan fingerprint density at radius 3 is 2.63 bits per heavy atom. The molecule has 0 radical (unpaired) electrons. The first kappa shape index (κ1) is 18.5. The predicted octanol–water partition coefficient (Wildman–Crippen LogP) is 4.18. The van der Waals surface area contributed by atoms with Crippen molar-refractivity contribution in [1.82, 2.24) is 14.3 Å². The Morgan fingerprint density at radius 2 is 1.96 bits per heavy atom. The van der Waals surface area contributed by atoms with E-state index in [9.17, 15) is 13.2 Å². The summed E-state index contributed by atoms with van der Waals surface area (Å²) in [6.45, 7) is 2.52. The van der Waals surface area contributed by atoms with Gasteiger partial charge in [-0.05, 0) is 43.7 Å². The summed E-state index contributed by atoms with van der Waals surface area (Å²) in [5.74, 6) is 2.36. The van der Waals surface area contributed by atoms with Crippen LogP contribution in [0.25, 0.3) is 0 Å². The molecule has 0 aromatic carbocycles. The molecule has 0 bridgehead atoms. The summed E-state index contributed by atoms with van der Waals surface area (Å²) in [7, 11) is 1.81. The molecule has 2 fully saturated rings. The summed E-state index contributed by atoms with van der Waals surface area (Å²) < 4.78 is 43.1. The van der Waals surface area contributed by atoms with Crippen LogP contribution in [0.1, 0.15) is 43.0 Å². The zero-order valence-electron chi connectivity index (χ0n) is 15.1. The number of piperidine rings is 1. The van der Waals surface area contributed by atoms with Gasteiger partial charge in [-0.2, -0.15) is 17.5 Å². The van der Waals surface area contributed by atoms with E-state index in [0.717, 1.165) is 49.0 Å². The minimum atomic E-state index is -4.34. The van der Waals surface area contributed by atoms with Gasteiger partial charge in [0, 0.05) is 50.3 Å². The molecular weight excluding hydrogens is 375 g/mol. The Kier molecular flexibility index (Phi) is 4.96. The molecule has 0 spiro atoms. The highest BCUT2D eigenvalue weighted by Crippen LogP contribution is 2.40. The molecule has 0 atom stereocenters. The second kappa shape index (κ2) is 7.26. The van der Waals surface area contributed by atoms with E-state index in [1.807, 2.05) is 11.9 Å². The average Bonchev–Trinajstić information content (AvgIpc) is 3.39. The van der Waals surface area contributed by atoms with Crippen LogP contribution in [0.4, 0.5) is 24.1 Å². The summed E-state index contributed by atoms with van der Waals surface area (Å²) in [5, 5.41) is 1.00. The third-order valence-corrected chi connectivity index (χ3v) is 6.05. The van der Waals surface area contributed by atoms with Crippen molar-refractivity contribution in [2.24, 2.45) is 5.92 Å². The SMILES string of the molecule is CN(CC1CCN(c2nc(C3CC3)ns2)CC1)c1cc(C(F)(F)F)ccn1. The van der Waals surface area contributed by atoms with Crippen LogP contribution >= 0.6 is 11.5 Å². The lowest BCUT2D eigenvalue weighted by Gasteiger charge is -2.33. The largest absolute Gasteiger partial charge is 0.416 e. The van der Waals surface area contributed by atoms with Crippen LogP contribution in [0.2, 0.25) is 0 Å². The van der Waals surface area contributed by atoms with Gasteiger partial charge in [-0.25, -0.2) is 9.97 Å². The van der Waals surface area contributed by atoms with Gasteiger partial charge < -0.3 is 9.80 Å². The normalized spacial score (nSPS) is 18.7. The van der Waals surface area contributed by atoms with Gasteiger partial charge in [0.25, 0.3) is 0 Å². The molecular formula is C18H22F3N5S. The molecule has 0 amide bonds. The fourth-order valence-corrected chi connectivity index (χ4v) is 4.25. The minimum absolute atomic E-state index is 0.366. The van der Waals surface area contributed by atoms with E-state index in [4.69, 9.17) is 0 Å². The van der Waals surface area contributed by atoms with Gasteiger partial charge in [0.1, 0.15) is 11.6 Å². The van der Waals surface area contributed by atoms with Crippen LogP contribution in [0.3, 0.4) is 0 Å². The van der Waals surface area contributed by atoms with E-state index in [1.165, 1.54) is 30.6 Å². The molecule has 4 rings (SSSR count). The molecule has 1 aliphatic heterocycles. The Labute approximate surface area is 160 Å². The van der Waals surface area contributed by atoms with Crippen molar-refractivity contribution in [2.75, 3.05) is 36.5 Å². The molecule has 27 heavy (non-hydrogen) atoms. The molecule has 1 saturated heterocycles. The fraction of sp³-hybridized carbons (Fsp3) is 0.611. The maximum Gasteiger partial charge on any atom is 0.416 e. The maximum absolute atomic E-state index is 12.9. The molecule has 5 nitrogen and oxygen atoms in total. The maximum atomic E-state index is 12.9. The van der Waals surface area contributed by atoms with Crippen LogP contribution in [0, 0.1) is 5.92 Å². The van der Waals surface area contributed by atoms with E-state index in [2.05, 4.69) is 19.2 Å². The number of aromatic nitrogens is 3. The number of rotatable bonds is 5. The topological polar surface area (TPSA) is 45.2 Å². The van der Waals surface area contributed by atoms with Crippen LogP contribution < -0.4 is 9.80 Å². The van der Waals surface area contributed by atoms with Gasteiger partial charge in [0.05, 0.1) is 5.56 Å². The Morgan fingerprint density at radius 1 is 1.22 bits per heavy atom. The van der Waals surface area contributed by atoms with E-state index in [0.29, 0.717) is 24.2 Å². The van der Waals surface area contributed by atoms with E-state index in [-0.39, 0.29) is 0 Å². The summed E-state index contributed by atoms with van der Waals surface area (Å²) in [4.78, 5) is 12.9. The smallest absolute Gasteiger partial charge is 0.359 e. The molecule has 0 unspecified atom stereocenters. The van der Waals surface area contributed by atoms with Crippen molar-refractivity contribution in [3.63, 3.8) is 0 Å². The van der Waals surface area contributed by atoms with Crippen molar-refractivity contribution in [3.8, 4) is 0 Å². The third kappa shape index (κ3) is 4.34. The van der Waals surface area contributed by atoms with E-state index in [1.54, 1.807) is 0 Å². The Hall–Kier alpha value is -1.90. The molecule has 0 N–H and O–H groups in total. The lowest BCUT2D eigenvalue weighted by atomic mass is 9.96. The summed E-state index contributed by atoms with van der Waals surface area (Å²) >= 11 is 1.48. The number of pyridine rings is 1. The number of nitrogens with zero attached hydrogens (tertiary/aromatic N) is 5. The van der Waals surface area contributed by atoms with Gasteiger partial charge in [-0.15, -0.1) is 0 Å². The fourth-order valence-electron chi connectivity index (χ4n) is 3.45.